The largest absolute Gasteiger partial charge is 0.367 e. The maximum absolute atomic E-state index is 12.4. The van der Waals surface area contributed by atoms with Gasteiger partial charge in [-0.15, -0.1) is 0 Å². The zero-order valence-electron chi connectivity index (χ0n) is 12.8. The first-order valence-electron chi connectivity index (χ1n) is 7.66. The van der Waals surface area contributed by atoms with Crippen LogP contribution in [0.15, 0.2) is 42.6 Å². The van der Waals surface area contributed by atoms with Gasteiger partial charge in [0.05, 0.1) is 16.6 Å². The molecule has 0 atom stereocenters. The number of hydrogen-bond donors (Lipinski definition) is 2. The number of aryl methyl sites for hydroxylation is 1. The number of pyridine rings is 1. The van der Waals surface area contributed by atoms with Gasteiger partial charge >= 0.3 is 0 Å². The molecule has 6 heteroatoms. The van der Waals surface area contributed by atoms with Crippen LogP contribution in [0.2, 0.25) is 0 Å². The number of anilines is 2. The fourth-order valence-electron chi connectivity index (χ4n) is 2.48. The second kappa shape index (κ2) is 5.39. The van der Waals surface area contributed by atoms with Crippen molar-refractivity contribution in [3.05, 3.63) is 48.2 Å². The molecule has 3 aromatic rings. The summed E-state index contributed by atoms with van der Waals surface area (Å²) in [6.45, 7) is 0. The number of nitrogens with one attached hydrogen (secondary N) is 2. The Morgan fingerprint density at radius 3 is 2.74 bits per heavy atom. The van der Waals surface area contributed by atoms with Crippen molar-refractivity contribution in [3.63, 3.8) is 0 Å². The number of fused-ring (bicyclic) bond motifs is 1. The van der Waals surface area contributed by atoms with Gasteiger partial charge < -0.3 is 9.88 Å². The van der Waals surface area contributed by atoms with Crippen LogP contribution in [0.4, 0.5) is 11.8 Å². The second-order valence-electron chi connectivity index (χ2n) is 5.79. The Morgan fingerprint density at radius 1 is 1.22 bits per heavy atom. The van der Waals surface area contributed by atoms with Gasteiger partial charge in [0.25, 0.3) is 5.91 Å². The maximum atomic E-state index is 12.4. The van der Waals surface area contributed by atoms with Crippen LogP contribution in [0.1, 0.15) is 23.2 Å². The van der Waals surface area contributed by atoms with E-state index < -0.39 is 0 Å². The molecule has 2 heterocycles. The number of nitrogens with zero attached hydrogens (tertiary/aromatic N) is 3. The number of hydrogen-bond acceptors (Lipinski definition) is 4. The minimum atomic E-state index is -0.214. The van der Waals surface area contributed by atoms with Crippen LogP contribution < -0.4 is 10.6 Å². The SMILES string of the molecule is Cn1c(NC(=O)c2ccc(NC3CC3)nc2)nc2ccccc21. The zero-order valence-corrected chi connectivity index (χ0v) is 12.8. The predicted octanol–water partition coefficient (Wildman–Crippen LogP) is 2.79. The van der Waals surface area contributed by atoms with Gasteiger partial charge in [0.1, 0.15) is 5.82 Å². The molecule has 1 fully saturated rings. The van der Waals surface area contributed by atoms with E-state index in [0.717, 1.165) is 16.9 Å². The Labute approximate surface area is 133 Å². The van der Waals surface area contributed by atoms with Gasteiger partial charge in [-0.1, -0.05) is 12.1 Å². The number of amides is 1. The summed E-state index contributed by atoms with van der Waals surface area (Å²) in [5, 5.41) is 6.14. The number of carbonyl (C=O) groups excluding carboxylic acids is 1. The lowest BCUT2D eigenvalue weighted by molar-refractivity contribution is 0.102. The summed E-state index contributed by atoms with van der Waals surface area (Å²) in [5.41, 5.74) is 2.34. The van der Waals surface area contributed by atoms with Crippen molar-refractivity contribution in [2.45, 2.75) is 18.9 Å². The van der Waals surface area contributed by atoms with Crippen molar-refractivity contribution in [1.29, 1.82) is 0 Å². The molecule has 116 valence electrons. The minimum absolute atomic E-state index is 0.214. The van der Waals surface area contributed by atoms with Gasteiger partial charge in [0.2, 0.25) is 5.95 Å². The van der Waals surface area contributed by atoms with E-state index in [0.29, 0.717) is 17.6 Å². The topological polar surface area (TPSA) is 71.8 Å². The average Bonchev–Trinajstić information content (AvgIpc) is 3.33. The summed E-state index contributed by atoms with van der Waals surface area (Å²) in [7, 11) is 1.88. The van der Waals surface area contributed by atoms with Crippen molar-refractivity contribution >= 4 is 28.7 Å². The number of para-hydroxylation sites is 2. The Bertz CT molecular complexity index is 864. The fraction of sp³-hybridized carbons (Fsp3) is 0.235. The molecule has 0 spiro atoms. The summed E-state index contributed by atoms with van der Waals surface area (Å²) in [5.74, 6) is 1.12. The van der Waals surface area contributed by atoms with Crippen molar-refractivity contribution < 1.29 is 4.79 Å². The Morgan fingerprint density at radius 2 is 2.04 bits per heavy atom. The van der Waals surface area contributed by atoms with Crippen LogP contribution in [0.25, 0.3) is 11.0 Å². The van der Waals surface area contributed by atoms with Crippen molar-refractivity contribution in [3.8, 4) is 0 Å². The molecule has 0 unspecified atom stereocenters. The van der Waals surface area contributed by atoms with E-state index in [1.165, 1.54) is 12.8 Å². The molecule has 2 N–H and O–H groups in total. The van der Waals surface area contributed by atoms with Crippen LogP contribution in [0, 0.1) is 0 Å². The molecule has 0 radical (unpaired) electrons. The van der Waals surface area contributed by atoms with Gasteiger partial charge in [-0.25, -0.2) is 9.97 Å². The highest BCUT2D eigenvalue weighted by Gasteiger charge is 2.21. The van der Waals surface area contributed by atoms with E-state index in [4.69, 9.17) is 0 Å². The lowest BCUT2D eigenvalue weighted by Gasteiger charge is -2.06. The summed E-state index contributed by atoms with van der Waals surface area (Å²) < 4.78 is 1.86. The predicted molar refractivity (Wildman–Crippen MR) is 89.5 cm³/mol. The Kier molecular flexibility index (Phi) is 3.22. The van der Waals surface area contributed by atoms with Crippen LogP contribution in [-0.4, -0.2) is 26.5 Å². The minimum Gasteiger partial charge on any atom is -0.367 e. The highest BCUT2D eigenvalue weighted by Crippen LogP contribution is 2.23. The smallest absolute Gasteiger partial charge is 0.259 e. The highest BCUT2D eigenvalue weighted by molar-refractivity contribution is 6.04. The summed E-state index contributed by atoms with van der Waals surface area (Å²) in [6, 6.07) is 11.9. The van der Waals surface area contributed by atoms with E-state index in [1.54, 1.807) is 12.3 Å². The third kappa shape index (κ3) is 2.75. The molecular formula is C17H17N5O. The highest BCUT2D eigenvalue weighted by atomic mass is 16.1. The average molecular weight is 307 g/mol. The van der Waals surface area contributed by atoms with Crippen molar-refractivity contribution in [2.75, 3.05) is 10.6 Å². The summed E-state index contributed by atoms with van der Waals surface area (Å²) >= 11 is 0. The first-order valence-corrected chi connectivity index (χ1v) is 7.66. The number of carbonyl (C=O) groups is 1. The van der Waals surface area contributed by atoms with Gasteiger partial charge in [0, 0.05) is 19.3 Å². The second-order valence-corrected chi connectivity index (χ2v) is 5.79. The van der Waals surface area contributed by atoms with E-state index in [-0.39, 0.29) is 5.91 Å². The molecule has 0 saturated heterocycles. The third-order valence-corrected chi connectivity index (χ3v) is 3.97. The van der Waals surface area contributed by atoms with Crippen molar-refractivity contribution in [1.82, 2.24) is 14.5 Å². The van der Waals surface area contributed by atoms with Crippen LogP contribution in [0.5, 0.6) is 0 Å². The van der Waals surface area contributed by atoms with E-state index in [9.17, 15) is 4.79 Å². The zero-order chi connectivity index (χ0) is 15.8. The molecule has 1 aliphatic carbocycles. The summed E-state index contributed by atoms with van der Waals surface area (Å²) in [4.78, 5) is 21.1. The molecule has 1 aliphatic rings. The fourth-order valence-corrected chi connectivity index (χ4v) is 2.48. The first-order chi connectivity index (χ1) is 11.2. The molecule has 1 aromatic carbocycles. The number of benzene rings is 1. The van der Waals surface area contributed by atoms with Gasteiger partial charge in [0.15, 0.2) is 0 Å². The molecule has 2 aromatic heterocycles. The van der Waals surface area contributed by atoms with Crippen LogP contribution >= 0.6 is 0 Å². The van der Waals surface area contributed by atoms with E-state index in [2.05, 4.69) is 20.6 Å². The monoisotopic (exact) mass is 307 g/mol. The first kappa shape index (κ1) is 13.8. The molecular weight excluding hydrogens is 290 g/mol. The molecule has 1 amide bonds. The van der Waals surface area contributed by atoms with Crippen LogP contribution in [-0.2, 0) is 7.05 Å². The number of rotatable bonds is 4. The Hall–Kier alpha value is -2.89. The lowest BCUT2D eigenvalue weighted by atomic mass is 10.2. The molecule has 1 saturated carbocycles. The maximum Gasteiger partial charge on any atom is 0.259 e. The molecule has 0 bridgehead atoms. The normalized spacial score (nSPS) is 14.0. The molecule has 23 heavy (non-hydrogen) atoms. The lowest BCUT2D eigenvalue weighted by Crippen LogP contribution is -2.15. The third-order valence-electron chi connectivity index (χ3n) is 3.97. The van der Waals surface area contributed by atoms with E-state index >= 15 is 0 Å². The summed E-state index contributed by atoms with van der Waals surface area (Å²) in [6.07, 6.45) is 3.97. The quantitative estimate of drug-likeness (QED) is 0.777. The molecule has 0 aliphatic heterocycles. The van der Waals surface area contributed by atoms with Gasteiger partial charge in [-0.05, 0) is 37.1 Å². The van der Waals surface area contributed by atoms with Crippen molar-refractivity contribution in [2.24, 2.45) is 7.05 Å². The number of imidazole rings is 1. The van der Waals surface area contributed by atoms with Crippen LogP contribution in [0.3, 0.4) is 0 Å². The standard InChI is InChI=1S/C17H17N5O/c1-22-14-5-3-2-4-13(14)20-17(22)21-16(23)11-6-9-15(18-10-11)19-12-7-8-12/h2-6,9-10,12H,7-8H2,1H3,(H,18,19)(H,20,21,23). The molecule has 4 rings (SSSR count). The van der Waals surface area contributed by atoms with Gasteiger partial charge in [-0.3, -0.25) is 10.1 Å². The Balaban J connectivity index is 1.52. The van der Waals surface area contributed by atoms with E-state index in [1.807, 2.05) is 41.9 Å². The van der Waals surface area contributed by atoms with Gasteiger partial charge in [-0.2, -0.15) is 0 Å². The molecule has 6 nitrogen and oxygen atoms in total. The number of aromatic nitrogens is 3.